The second-order valence-corrected chi connectivity index (χ2v) is 5.39. The van der Waals surface area contributed by atoms with Gasteiger partial charge < -0.3 is 21.9 Å². The molecule has 0 aliphatic heterocycles. The van der Waals surface area contributed by atoms with E-state index >= 15 is 0 Å². The summed E-state index contributed by atoms with van der Waals surface area (Å²) in [6, 6.07) is 14.3. The molecule has 8 heteroatoms. The predicted molar refractivity (Wildman–Crippen MR) is 104 cm³/mol. The molecule has 6 N–H and O–H groups in total. The lowest BCUT2D eigenvalue weighted by Crippen LogP contribution is -2.19. The van der Waals surface area contributed by atoms with Crippen LogP contribution in [0.25, 0.3) is 16.8 Å². The van der Waals surface area contributed by atoms with E-state index < -0.39 is 6.03 Å². The summed E-state index contributed by atoms with van der Waals surface area (Å²) in [5.41, 5.74) is 13.3. The minimum Gasteiger partial charge on any atom is -0.392 e. The molecule has 0 aliphatic carbocycles. The zero-order chi connectivity index (χ0) is 19.8. The van der Waals surface area contributed by atoms with Gasteiger partial charge in [0.25, 0.3) is 0 Å². The molecule has 0 aliphatic rings. The first-order valence-electron chi connectivity index (χ1n) is 8.10. The molecule has 27 heavy (non-hydrogen) atoms. The monoisotopic (exact) mass is 367 g/mol. The zero-order valence-corrected chi connectivity index (χ0v) is 14.8. The maximum Gasteiger partial charge on any atom is 0.316 e. The Balaban J connectivity index is 0.00000126. The molecule has 0 fully saturated rings. The quantitative estimate of drug-likeness (QED) is 0.511. The van der Waals surface area contributed by atoms with Crippen molar-refractivity contribution in [2.45, 2.75) is 6.61 Å². The Labute approximate surface area is 156 Å². The van der Waals surface area contributed by atoms with Gasteiger partial charge in [-0.05, 0) is 41.9 Å². The van der Waals surface area contributed by atoms with Crippen LogP contribution in [0.15, 0.2) is 54.7 Å². The van der Waals surface area contributed by atoms with Gasteiger partial charge in [0, 0.05) is 0 Å². The molecule has 140 valence electrons. The van der Waals surface area contributed by atoms with Crippen LogP contribution >= 0.6 is 0 Å². The third-order valence-corrected chi connectivity index (χ3v) is 3.67. The number of aliphatic hydroxyl groups excluding tert-OH is 1. The van der Waals surface area contributed by atoms with Crippen molar-refractivity contribution in [1.29, 1.82) is 0 Å². The van der Waals surface area contributed by atoms with Crippen LogP contribution in [0.1, 0.15) is 16.1 Å². The van der Waals surface area contributed by atoms with Crippen molar-refractivity contribution < 1.29 is 14.7 Å². The fourth-order valence-electron chi connectivity index (χ4n) is 2.51. The highest BCUT2D eigenvalue weighted by Gasteiger charge is 2.11. The Morgan fingerprint density at radius 3 is 2.48 bits per heavy atom. The number of benzene rings is 2. The van der Waals surface area contributed by atoms with Gasteiger partial charge >= 0.3 is 6.03 Å². The number of nitrogens with two attached hydrogens (primary N) is 2. The lowest BCUT2D eigenvalue weighted by atomic mass is 10.0. The van der Waals surface area contributed by atoms with Crippen molar-refractivity contribution in [2.75, 3.05) is 12.4 Å². The molecule has 0 spiro atoms. The van der Waals surface area contributed by atoms with E-state index in [0.29, 0.717) is 12.0 Å². The maximum absolute atomic E-state index is 11.1. The molecular weight excluding hydrogens is 346 g/mol. The summed E-state index contributed by atoms with van der Waals surface area (Å²) in [7, 11) is 1.50. The predicted octanol–water partition coefficient (Wildman–Crippen LogP) is 1.91. The fourth-order valence-corrected chi connectivity index (χ4v) is 2.51. The summed E-state index contributed by atoms with van der Waals surface area (Å²) in [5, 5.41) is 15.8. The lowest BCUT2D eigenvalue weighted by Gasteiger charge is -2.07. The number of carbonyl (C=O) groups excluding carboxylic acids is 2. The number of hydrogen-bond acceptors (Lipinski definition) is 5. The average Bonchev–Trinajstić information content (AvgIpc) is 3.12. The van der Waals surface area contributed by atoms with Crippen LogP contribution in [0.4, 0.5) is 10.5 Å². The Morgan fingerprint density at radius 1 is 1.19 bits per heavy atom. The molecule has 0 unspecified atom stereocenters. The van der Waals surface area contributed by atoms with Gasteiger partial charge in [-0.25, -0.2) is 9.48 Å². The normalized spacial score (nSPS) is 9.89. The van der Waals surface area contributed by atoms with E-state index in [2.05, 4.69) is 16.1 Å². The van der Waals surface area contributed by atoms with Crippen LogP contribution in [0, 0.1) is 0 Å². The van der Waals surface area contributed by atoms with Crippen molar-refractivity contribution in [2.24, 2.45) is 11.5 Å². The molecule has 3 rings (SSSR count). The molecule has 0 bridgehead atoms. The van der Waals surface area contributed by atoms with Crippen LogP contribution in [-0.4, -0.2) is 34.3 Å². The summed E-state index contributed by atoms with van der Waals surface area (Å²) in [6.07, 6.45) is 2.08. The molecule has 0 saturated heterocycles. The molecule has 3 aromatic rings. The number of aromatic nitrogens is 2. The van der Waals surface area contributed by atoms with Crippen molar-refractivity contribution >= 4 is 18.0 Å². The third kappa shape index (κ3) is 4.78. The Kier molecular flexibility index (Phi) is 6.81. The number of nitrogens with one attached hydrogen (secondary N) is 1. The highest BCUT2D eigenvalue weighted by Crippen LogP contribution is 2.24. The van der Waals surface area contributed by atoms with Crippen LogP contribution in [0.2, 0.25) is 0 Å². The highest BCUT2D eigenvalue weighted by molar-refractivity contribution is 5.93. The van der Waals surface area contributed by atoms with Gasteiger partial charge in [0.15, 0.2) is 6.29 Å². The number of anilines is 1. The Hall–Kier alpha value is -3.49. The van der Waals surface area contributed by atoms with Gasteiger partial charge in [0.05, 0.1) is 24.2 Å². The number of carbonyl (C=O) groups is 2. The highest BCUT2D eigenvalue weighted by atomic mass is 16.3. The van der Waals surface area contributed by atoms with E-state index in [9.17, 15) is 14.7 Å². The summed E-state index contributed by atoms with van der Waals surface area (Å²) < 4.78 is 1.49. The van der Waals surface area contributed by atoms with Crippen LogP contribution in [0.3, 0.4) is 0 Å². The molecule has 2 aromatic carbocycles. The lowest BCUT2D eigenvalue weighted by molar-refractivity contribution is 0.111. The minimum atomic E-state index is -0.766. The van der Waals surface area contributed by atoms with Gasteiger partial charge in [0.1, 0.15) is 5.69 Å². The summed E-state index contributed by atoms with van der Waals surface area (Å²) >= 11 is 0. The second-order valence-electron chi connectivity index (χ2n) is 5.39. The maximum atomic E-state index is 11.1. The first-order valence-corrected chi connectivity index (χ1v) is 8.10. The standard InChI is InChI=1S/C18H16N4O3.CH5N/c19-18(25)20-16-9-22(21-17(16)11-24)15-6-2-5-14(8-15)13-4-1-3-12(7-13)10-23;1-2/h1-9,11,23H,10H2,(H3,19,20,25);2H2,1H3. The SMILES string of the molecule is CN.NC(=O)Nc1cn(-c2cccc(-c3cccc(CO)c3)c2)nc1C=O. The van der Waals surface area contributed by atoms with E-state index in [4.69, 9.17) is 5.73 Å². The van der Waals surface area contributed by atoms with E-state index in [1.165, 1.54) is 17.9 Å². The number of rotatable bonds is 5. The summed E-state index contributed by atoms with van der Waals surface area (Å²) in [4.78, 5) is 22.1. The molecule has 1 aromatic heterocycles. The van der Waals surface area contributed by atoms with Crippen molar-refractivity contribution in [3.8, 4) is 16.8 Å². The van der Waals surface area contributed by atoms with Crippen molar-refractivity contribution in [1.82, 2.24) is 9.78 Å². The van der Waals surface area contributed by atoms with E-state index in [1.54, 1.807) is 0 Å². The first kappa shape index (κ1) is 19.8. The van der Waals surface area contributed by atoms with E-state index in [-0.39, 0.29) is 18.0 Å². The van der Waals surface area contributed by atoms with Crippen LogP contribution in [0.5, 0.6) is 0 Å². The average molecular weight is 367 g/mol. The number of nitrogens with zero attached hydrogens (tertiary/aromatic N) is 2. The summed E-state index contributed by atoms with van der Waals surface area (Å²) in [5.74, 6) is 0. The van der Waals surface area contributed by atoms with Gasteiger partial charge in [-0.3, -0.25) is 4.79 Å². The minimum absolute atomic E-state index is 0.0302. The topological polar surface area (TPSA) is 136 Å². The molecular formula is C19H21N5O3. The van der Waals surface area contributed by atoms with Crippen molar-refractivity contribution in [3.63, 3.8) is 0 Å². The van der Waals surface area contributed by atoms with Gasteiger partial charge in [-0.1, -0.05) is 30.3 Å². The smallest absolute Gasteiger partial charge is 0.316 e. The van der Waals surface area contributed by atoms with Gasteiger partial charge in [-0.15, -0.1) is 0 Å². The number of urea groups is 1. The zero-order valence-electron chi connectivity index (χ0n) is 14.8. The van der Waals surface area contributed by atoms with Gasteiger partial charge in [-0.2, -0.15) is 5.10 Å². The second kappa shape index (κ2) is 9.27. The first-order chi connectivity index (χ1) is 13.1. The Bertz CT molecular complexity index is 937. The number of aliphatic hydroxyl groups is 1. The molecule has 1 heterocycles. The largest absolute Gasteiger partial charge is 0.392 e. The van der Waals surface area contributed by atoms with Gasteiger partial charge in [0.2, 0.25) is 0 Å². The van der Waals surface area contributed by atoms with E-state index in [1.807, 2.05) is 48.5 Å². The number of hydrogen-bond donors (Lipinski definition) is 4. The summed E-state index contributed by atoms with van der Waals surface area (Å²) in [6.45, 7) is -0.0302. The number of aldehydes is 1. The molecule has 2 amide bonds. The molecule has 0 radical (unpaired) electrons. The third-order valence-electron chi connectivity index (χ3n) is 3.67. The number of amides is 2. The van der Waals surface area contributed by atoms with E-state index in [0.717, 1.165) is 16.7 Å². The molecule has 8 nitrogen and oxygen atoms in total. The van der Waals surface area contributed by atoms with Crippen molar-refractivity contribution in [3.05, 3.63) is 66.0 Å². The number of primary amides is 1. The fraction of sp³-hybridized carbons (Fsp3) is 0.105. The molecule has 0 atom stereocenters. The van der Waals surface area contributed by atoms with Crippen LogP contribution in [-0.2, 0) is 6.61 Å². The van der Waals surface area contributed by atoms with Crippen LogP contribution < -0.4 is 16.8 Å². The molecule has 0 saturated carbocycles. The Morgan fingerprint density at radius 2 is 1.85 bits per heavy atom.